The van der Waals surface area contributed by atoms with Gasteiger partial charge in [0.15, 0.2) is 11.8 Å². The van der Waals surface area contributed by atoms with E-state index < -0.39 is 0 Å². The molecule has 15 heavy (non-hydrogen) atoms. The molecule has 0 bridgehead atoms. The molecule has 0 amide bonds. The summed E-state index contributed by atoms with van der Waals surface area (Å²) in [6.07, 6.45) is 2.65. The van der Waals surface area contributed by atoms with Gasteiger partial charge in [-0.15, -0.1) is 0 Å². The molecule has 0 aromatic carbocycles. The number of nitrogens with one attached hydrogen (secondary N) is 1. The third-order valence-corrected chi connectivity index (χ3v) is 2.04. The van der Waals surface area contributed by atoms with Crippen molar-refractivity contribution >= 4 is 5.96 Å². The van der Waals surface area contributed by atoms with E-state index in [0.29, 0.717) is 24.4 Å². The molecule has 3 N–H and O–H groups in total. The highest BCUT2D eigenvalue weighted by molar-refractivity contribution is 5.78. The summed E-state index contributed by atoms with van der Waals surface area (Å²) < 4.78 is 1.64. The highest BCUT2D eigenvalue weighted by Crippen LogP contribution is 1.91. The van der Waals surface area contributed by atoms with Gasteiger partial charge in [-0.25, -0.2) is 9.98 Å². The Morgan fingerprint density at radius 3 is 3.00 bits per heavy atom. The lowest BCUT2D eigenvalue weighted by molar-refractivity contribution is 0.635. The molecule has 6 nitrogen and oxygen atoms in total. The molecule has 0 spiro atoms. The fourth-order valence-corrected chi connectivity index (χ4v) is 1.01. The maximum Gasteiger partial charge on any atom is 0.189 e. The largest absolute Gasteiger partial charge is 0.370 e. The van der Waals surface area contributed by atoms with Crippen molar-refractivity contribution in [2.75, 3.05) is 0 Å². The van der Waals surface area contributed by atoms with E-state index in [1.807, 2.05) is 7.05 Å². The van der Waals surface area contributed by atoms with Crippen molar-refractivity contribution in [3.63, 3.8) is 0 Å². The van der Waals surface area contributed by atoms with Crippen LogP contribution in [0.4, 0.5) is 0 Å². The van der Waals surface area contributed by atoms with Crippen LogP contribution >= 0.6 is 0 Å². The van der Waals surface area contributed by atoms with Crippen LogP contribution in [-0.2, 0) is 13.6 Å². The van der Waals surface area contributed by atoms with Gasteiger partial charge in [-0.2, -0.15) is 5.10 Å². The van der Waals surface area contributed by atoms with Gasteiger partial charge in [-0.1, -0.05) is 6.92 Å². The van der Waals surface area contributed by atoms with Crippen LogP contribution in [0.15, 0.2) is 11.3 Å². The van der Waals surface area contributed by atoms with Gasteiger partial charge in [0.05, 0.1) is 0 Å². The van der Waals surface area contributed by atoms with E-state index in [0.717, 1.165) is 6.42 Å². The number of hydrogen-bond donors (Lipinski definition) is 2. The second-order valence-electron chi connectivity index (χ2n) is 3.49. The minimum atomic E-state index is 0.338. The Morgan fingerprint density at radius 2 is 2.47 bits per heavy atom. The molecule has 6 heteroatoms. The fraction of sp³-hybridized carbons (Fsp3) is 0.667. The summed E-state index contributed by atoms with van der Waals surface area (Å²) in [7, 11) is 1.82. The molecule has 1 aromatic rings. The highest BCUT2D eigenvalue weighted by Gasteiger charge is 2.00. The monoisotopic (exact) mass is 210 g/mol. The van der Waals surface area contributed by atoms with Crippen molar-refractivity contribution in [3.05, 3.63) is 12.2 Å². The van der Waals surface area contributed by atoms with E-state index in [1.165, 1.54) is 0 Å². The van der Waals surface area contributed by atoms with Crippen molar-refractivity contribution in [1.29, 1.82) is 0 Å². The number of aromatic nitrogens is 3. The zero-order chi connectivity index (χ0) is 11.3. The Bertz CT molecular complexity index is 329. The van der Waals surface area contributed by atoms with E-state index in [2.05, 4.69) is 34.2 Å². The number of nitrogens with two attached hydrogens (primary N) is 1. The van der Waals surface area contributed by atoms with Gasteiger partial charge < -0.3 is 11.1 Å². The molecule has 1 aromatic heterocycles. The summed E-state index contributed by atoms with van der Waals surface area (Å²) in [5.41, 5.74) is 5.68. The zero-order valence-electron chi connectivity index (χ0n) is 9.44. The average molecular weight is 210 g/mol. The predicted octanol–water partition coefficient (Wildman–Crippen LogP) is 0.0179. The summed E-state index contributed by atoms with van der Waals surface area (Å²) >= 11 is 0. The molecule has 0 fully saturated rings. The molecule has 1 rings (SSSR count). The lowest BCUT2D eigenvalue weighted by Gasteiger charge is -2.11. The third kappa shape index (κ3) is 3.97. The minimum Gasteiger partial charge on any atom is -0.370 e. The van der Waals surface area contributed by atoms with Gasteiger partial charge >= 0.3 is 0 Å². The van der Waals surface area contributed by atoms with Gasteiger partial charge in [0.25, 0.3) is 0 Å². The standard InChI is InChI=1S/C9H18N6/c1-4-7(2)13-9(10)11-5-8-12-6-15(3)14-8/h6-7H,4-5H2,1-3H3,(H3,10,11,13). The number of nitrogens with zero attached hydrogens (tertiary/aromatic N) is 4. The zero-order valence-corrected chi connectivity index (χ0v) is 9.44. The molecule has 0 saturated heterocycles. The summed E-state index contributed by atoms with van der Waals surface area (Å²) in [5, 5.41) is 7.17. The van der Waals surface area contributed by atoms with Gasteiger partial charge in [-0.3, -0.25) is 4.68 Å². The topological polar surface area (TPSA) is 81.1 Å². The smallest absolute Gasteiger partial charge is 0.189 e. The lowest BCUT2D eigenvalue weighted by Crippen LogP contribution is -2.38. The number of aryl methyl sites for hydroxylation is 1. The van der Waals surface area contributed by atoms with Crippen molar-refractivity contribution in [3.8, 4) is 0 Å². The first-order valence-electron chi connectivity index (χ1n) is 5.02. The Hall–Kier alpha value is -1.59. The van der Waals surface area contributed by atoms with Gasteiger partial charge in [0.1, 0.15) is 12.9 Å². The molecule has 0 saturated carbocycles. The molecule has 0 radical (unpaired) electrons. The van der Waals surface area contributed by atoms with E-state index in [4.69, 9.17) is 5.73 Å². The van der Waals surface area contributed by atoms with E-state index >= 15 is 0 Å². The van der Waals surface area contributed by atoms with Crippen LogP contribution in [0.3, 0.4) is 0 Å². The minimum absolute atomic E-state index is 0.338. The Labute approximate surface area is 89.6 Å². The van der Waals surface area contributed by atoms with Gasteiger partial charge in [-0.05, 0) is 13.3 Å². The molecular weight excluding hydrogens is 192 g/mol. The SMILES string of the molecule is CCC(C)NC(N)=NCc1ncn(C)n1. The maximum absolute atomic E-state index is 5.68. The van der Waals surface area contributed by atoms with Crippen molar-refractivity contribution < 1.29 is 0 Å². The van der Waals surface area contributed by atoms with Crippen molar-refractivity contribution in [2.45, 2.75) is 32.9 Å². The summed E-state index contributed by atoms with van der Waals surface area (Å²) in [4.78, 5) is 8.19. The fourth-order valence-electron chi connectivity index (χ4n) is 1.01. The number of guanidine groups is 1. The molecule has 1 heterocycles. The predicted molar refractivity (Wildman–Crippen MR) is 59.2 cm³/mol. The van der Waals surface area contributed by atoms with E-state index in [9.17, 15) is 0 Å². The molecule has 0 aliphatic rings. The summed E-state index contributed by atoms with van der Waals surface area (Å²) in [6.45, 7) is 4.56. The third-order valence-electron chi connectivity index (χ3n) is 2.04. The van der Waals surface area contributed by atoms with E-state index in [-0.39, 0.29) is 0 Å². The first-order chi connectivity index (χ1) is 7.11. The second kappa shape index (κ2) is 5.33. The van der Waals surface area contributed by atoms with E-state index in [1.54, 1.807) is 11.0 Å². The van der Waals surface area contributed by atoms with Crippen LogP contribution in [0.5, 0.6) is 0 Å². The number of hydrogen-bond acceptors (Lipinski definition) is 3. The first kappa shape index (κ1) is 11.5. The Morgan fingerprint density at radius 1 is 1.73 bits per heavy atom. The first-order valence-corrected chi connectivity index (χ1v) is 5.02. The van der Waals surface area contributed by atoms with Crippen LogP contribution in [0.25, 0.3) is 0 Å². The highest BCUT2D eigenvalue weighted by atomic mass is 15.3. The molecule has 1 atom stereocenters. The Kier molecular flexibility index (Phi) is 4.08. The van der Waals surface area contributed by atoms with Crippen molar-refractivity contribution in [1.82, 2.24) is 20.1 Å². The second-order valence-corrected chi connectivity index (χ2v) is 3.49. The molecule has 1 unspecified atom stereocenters. The Balaban J connectivity index is 2.43. The van der Waals surface area contributed by atoms with Crippen LogP contribution in [-0.4, -0.2) is 26.8 Å². The normalized spacial score (nSPS) is 13.9. The van der Waals surface area contributed by atoms with Gasteiger partial charge in [0.2, 0.25) is 0 Å². The van der Waals surface area contributed by atoms with Crippen LogP contribution in [0, 0.1) is 0 Å². The summed E-state index contributed by atoms with van der Waals surface area (Å²) in [5.74, 6) is 1.11. The van der Waals surface area contributed by atoms with Crippen LogP contribution in [0.2, 0.25) is 0 Å². The quantitative estimate of drug-likeness (QED) is 0.542. The van der Waals surface area contributed by atoms with Crippen molar-refractivity contribution in [2.24, 2.45) is 17.8 Å². The molecule has 0 aliphatic heterocycles. The summed E-state index contributed by atoms with van der Waals surface area (Å²) in [6, 6.07) is 0.338. The van der Waals surface area contributed by atoms with Gasteiger partial charge in [0, 0.05) is 13.1 Å². The molecule has 0 aliphatic carbocycles. The number of aliphatic imine (C=N–C) groups is 1. The van der Waals surface area contributed by atoms with Crippen LogP contribution < -0.4 is 11.1 Å². The molecule has 84 valence electrons. The van der Waals surface area contributed by atoms with Crippen LogP contribution in [0.1, 0.15) is 26.1 Å². The molecular formula is C9H18N6. The lowest BCUT2D eigenvalue weighted by atomic mass is 10.3. The number of rotatable bonds is 4. The average Bonchev–Trinajstić information content (AvgIpc) is 2.61. The maximum atomic E-state index is 5.68.